The van der Waals surface area contributed by atoms with Crippen LogP contribution in [0.15, 0.2) is 102 Å². The number of carbonyl (C=O) groups excluding carboxylic acids is 1. The van der Waals surface area contributed by atoms with Crippen LogP contribution in [0.5, 0.6) is 0 Å². The molecule has 0 saturated heterocycles. The summed E-state index contributed by atoms with van der Waals surface area (Å²) in [6.45, 7) is 0.453. The molecule has 4 rings (SSSR count). The molecular weight excluding hydrogens is 408 g/mol. The molecule has 0 aromatic heterocycles. The fourth-order valence-electron chi connectivity index (χ4n) is 3.37. The van der Waals surface area contributed by atoms with Gasteiger partial charge in [-0.15, -0.1) is 0 Å². The van der Waals surface area contributed by atoms with Gasteiger partial charge in [0.1, 0.15) is 0 Å². The first-order chi connectivity index (χ1) is 15.0. The van der Waals surface area contributed by atoms with Crippen molar-refractivity contribution in [2.75, 3.05) is 11.3 Å². The lowest BCUT2D eigenvalue weighted by Gasteiger charge is -2.13. The van der Waals surface area contributed by atoms with E-state index in [2.05, 4.69) is 10.0 Å². The second-order valence-electron chi connectivity index (χ2n) is 7.15. The lowest BCUT2D eigenvalue weighted by molar-refractivity contribution is 0.0955. The molecule has 0 radical (unpaired) electrons. The van der Waals surface area contributed by atoms with Crippen molar-refractivity contribution >= 4 is 32.4 Å². The lowest BCUT2D eigenvalue weighted by Crippen LogP contribution is -2.27. The van der Waals surface area contributed by atoms with Gasteiger partial charge in [-0.2, -0.15) is 0 Å². The van der Waals surface area contributed by atoms with Gasteiger partial charge in [0.05, 0.1) is 16.1 Å². The summed E-state index contributed by atoms with van der Waals surface area (Å²) in [5.74, 6) is -0.326. The number of nitrogens with one attached hydrogen (secondary N) is 2. The van der Waals surface area contributed by atoms with Crippen molar-refractivity contribution in [1.29, 1.82) is 0 Å². The van der Waals surface area contributed by atoms with Gasteiger partial charge in [0.15, 0.2) is 0 Å². The number of carbonyl (C=O) groups is 1. The largest absolute Gasteiger partial charge is 0.352 e. The van der Waals surface area contributed by atoms with Crippen LogP contribution >= 0.6 is 0 Å². The van der Waals surface area contributed by atoms with Crippen LogP contribution in [-0.4, -0.2) is 20.9 Å². The zero-order chi connectivity index (χ0) is 21.7. The van der Waals surface area contributed by atoms with Crippen molar-refractivity contribution in [2.24, 2.45) is 0 Å². The monoisotopic (exact) mass is 430 g/mol. The van der Waals surface area contributed by atoms with Crippen molar-refractivity contribution < 1.29 is 13.2 Å². The maximum absolute atomic E-state index is 13.0. The molecule has 0 atom stereocenters. The van der Waals surface area contributed by atoms with E-state index in [1.165, 1.54) is 0 Å². The Balaban J connectivity index is 1.51. The molecular formula is C25H22N2O3S. The summed E-state index contributed by atoms with van der Waals surface area (Å²) in [5, 5.41) is 4.65. The molecule has 156 valence electrons. The van der Waals surface area contributed by atoms with Gasteiger partial charge in [-0.25, -0.2) is 8.42 Å². The van der Waals surface area contributed by atoms with Crippen molar-refractivity contribution in [3.05, 3.63) is 108 Å². The second kappa shape index (κ2) is 9.02. The molecule has 0 aliphatic rings. The Hall–Kier alpha value is -3.64. The molecule has 2 N–H and O–H groups in total. The predicted octanol–water partition coefficient (Wildman–Crippen LogP) is 4.61. The van der Waals surface area contributed by atoms with E-state index in [0.717, 1.165) is 16.3 Å². The third kappa shape index (κ3) is 4.92. The minimum Gasteiger partial charge on any atom is -0.352 e. The van der Waals surface area contributed by atoms with E-state index in [4.69, 9.17) is 0 Å². The Morgan fingerprint density at radius 2 is 1.42 bits per heavy atom. The molecule has 31 heavy (non-hydrogen) atoms. The van der Waals surface area contributed by atoms with Crippen LogP contribution in [0.3, 0.4) is 0 Å². The zero-order valence-corrected chi connectivity index (χ0v) is 17.6. The maximum atomic E-state index is 13.0. The first-order valence-electron chi connectivity index (χ1n) is 9.96. The second-order valence-corrected chi connectivity index (χ2v) is 8.83. The van der Waals surface area contributed by atoms with E-state index in [-0.39, 0.29) is 22.1 Å². The Kier molecular flexibility index (Phi) is 6.00. The Bertz CT molecular complexity index is 1320. The highest BCUT2D eigenvalue weighted by atomic mass is 32.2. The van der Waals surface area contributed by atoms with Crippen molar-refractivity contribution in [1.82, 2.24) is 5.32 Å². The minimum atomic E-state index is -3.85. The summed E-state index contributed by atoms with van der Waals surface area (Å²) in [4.78, 5) is 12.9. The van der Waals surface area contributed by atoms with Gasteiger partial charge in [0.2, 0.25) is 0 Å². The minimum absolute atomic E-state index is 0.144. The average molecular weight is 431 g/mol. The van der Waals surface area contributed by atoms with Crippen LogP contribution in [0.1, 0.15) is 15.9 Å². The van der Waals surface area contributed by atoms with Gasteiger partial charge in [0.25, 0.3) is 15.9 Å². The smallest absolute Gasteiger partial charge is 0.261 e. The number of para-hydroxylation sites is 1. The highest BCUT2D eigenvalue weighted by Gasteiger charge is 2.19. The predicted molar refractivity (Wildman–Crippen MR) is 124 cm³/mol. The fourth-order valence-corrected chi connectivity index (χ4v) is 4.48. The summed E-state index contributed by atoms with van der Waals surface area (Å²) in [5.41, 5.74) is 1.64. The molecule has 0 aliphatic heterocycles. The standard InChI is InChI=1S/C25H22N2O3S/c28-25(26-17-16-19-8-2-1-3-9-19)23-12-6-7-13-24(23)27-31(29,30)22-15-14-20-10-4-5-11-21(20)18-22/h1-15,18,27H,16-17H2,(H,26,28). The number of amides is 1. The van der Waals surface area contributed by atoms with Crippen LogP contribution in [0.4, 0.5) is 5.69 Å². The van der Waals surface area contributed by atoms with Gasteiger partial charge in [-0.1, -0.05) is 72.8 Å². The highest BCUT2D eigenvalue weighted by molar-refractivity contribution is 7.92. The van der Waals surface area contributed by atoms with Crippen LogP contribution in [0.2, 0.25) is 0 Å². The van der Waals surface area contributed by atoms with E-state index in [1.54, 1.807) is 42.5 Å². The van der Waals surface area contributed by atoms with Crippen LogP contribution in [-0.2, 0) is 16.4 Å². The number of hydrogen-bond acceptors (Lipinski definition) is 3. The van der Waals surface area contributed by atoms with E-state index < -0.39 is 10.0 Å². The summed E-state index contributed by atoms with van der Waals surface area (Å²) in [7, 11) is -3.85. The Labute approximate surface area is 181 Å². The first kappa shape index (κ1) is 20.6. The molecule has 4 aromatic rings. The van der Waals surface area contributed by atoms with Crippen molar-refractivity contribution in [3.8, 4) is 0 Å². The van der Waals surface area contributed by atoms with Gasteiger partial charge < -0.3 is 5.32 Å². The molecule has 0 heterocycles. The number of benzene rings is 4. The number of hydrogen-bond donors (Lipinski definition) is 2. The highest BCUT2D eigenvalue weighted by Crippen LogP contribution is 2.23. The molecule has 4 aromatic carbocycles. The number of sulfonamides is 1. The normalized spacial score (nSPS) is 11.2. The lowest BCUT2D eigenvalue weighted by atomic mass is 10.1. The van der Waals surface area contributed by atoms with Crippen LogP contribution < -0.4 is 10.0 Å². The summed E-state index contributed by atoms with van der Waals surface area (Å²) in [6.07, 6.45) is 0.692. The molecule has 0 unspecified atom stereocenters. The number of anilines is 1. The maximum Gasteiger partial charge on any atom is 0.261 e. The molecule has 1 amide bonds. The van der Waals surface area contributed by atoms with E-state index >= 15 is 0 Å². The fraction of sp³-hybridized carbons (Fsp3) is 0.0800. The quantitative estimate of drug-likeness (QED) is 0.449. The molecule has 0 spiro atoms. The molecule has 0 bridgehead atoms. The molecule has 6 heteroatoms. The van der Waals surface area contributed by atoms with E-state index in [1.807, 2.05) is 54.6 Å². The summed E-state index contributed by atoms with van der Waals surface area (Å²) in [6, 6.07) is 29.0. The van der Waals surface area contributed by atoms with Crippen molar-refractivity contribution in [2.45, 2.75) is 11.3 Å². The third-order valence-electron chi connectivity index (χ3n) is 4.99. The van der Waals surface area contributed by atoms with Gasteiger partial charge in [-0.05, 0) is 47.0 Å². The van der Waals surface area contributed by atoms with E-state index in [0.29, 0.717) is 13.0 Å². The van der Waals surface area contributed by atoms with Crippen molar-refractivity contribution in [3.63, 3.8) is 0 Å². The van der Waals surface area contributed by atoms with Crippen LogP contribution in [0.25, 0.3) is 10.8 Å². The van der Waals surface area contributed by atoms with Gasteiger partial charge in [-0.3, -0.25) is 9.52 Å². The Morgan fingerprint density at radius 1 is 0.742 bits per heavy atom. The SMILES string of the molecule is O=C(NCCc1ccccc1)c1ccccc1NS(=O)(=O)c1ccc2ccccc2c1. The van der Waals surface area contributed by atoms with Gasteiger partial charge in [0, 0.05) is 6.54 Å². The molecule has 0 fully saturated rings. The summed E-state index contributed by atoms with van der Waals surface area (Å²) < 4.78 is 28.5. The molecule has 5 nitrogen and oxygen atoms in total. The number of fused-ring (bicyclic) bond motifs is 1. The molecule has 0 saturated carbocycles. The average Bonchev–Trinajstić information content (AvgIpc) is 2.79. The van der Waals surface area contributed by atoms with Gasteiger partial charge >= 0.3 is 0 Å². The topological polar surface area (TPSA) is 75.3 Å². The molecule has 0 aliphatic carbocycles. The summed E-state index contributed by atoms with van der Waals surface area (Å²) >= 11 is 0. The van der Waals surface area contributed by atoms with Crippen LogP contribution in [0, 0.1) is 0 Å². The first-order valence-corrected chi connectivity index (χ1v) is 11.4. The Morgan fingerprint density at radius 3 is 2.23 bits per heavy atom. The zero-order valence-electron chi connectivity index (χ0n) is 16.8. The van der Waals surface area contributed by atoms with E-state index in [9.17, 15) is 13.2 Å². The third-order valence-corrected chi connectivity index (χ3v) is 6.35. The number of rotatable bonds is 7.